The van der Waals surface area contributed by atoms with E-state index in [-0.39, 0.29) is 6.10 Å². The fourth-order valence-corrected chi connectivity index (χ4v) is 2.65. The third kappa shape index (κ3) is 5.19. The zero-order valence-corrected chi connectivity index (χ0v) is 15.4. The minimum atomic E-state index is 0.0643. The van der Waals surface area contributed by atoms with Crippen molar-refractivity contribution in [2.75, 3.05) is 12.3 Å². The topological polar surface area (TPSA) is 83.2 Å². The normalized spacial score (nSPS) is 13.4. The smallest absolute Gasteiger partial charge is 0.120 e. The fourth-order valence-electron chi connectivity index (χ4n) is 2.19. The summed E-state index contributed by atoms with van der Waals surface area (Å²) in [5.74, 6) is 1.52. The zero-order valence-electron chi connectivity index (χ0n) is 14.6. The van der Waals surface area contributed by atoms with E-state index in [0.29, 0.717) is 29.3 Å². The number of nitrogen functional groups attached to an aromatic ring is 1. The highest BCUT2D eigenvalue weighted by atomic mass is 32.2. The maximum Gasteiger partial charge on any atom is 0.120 e. The molecule has 1 aliphatic heterocycles. The molecule has 0 spiro atoms. The summed E-state index contributed by atoms with van der Waals surface area (Å²) in [6, 6.07) is 5.41. The molecular formula is C19H24N4OS. The van der Waals surface area contributed by atoms with Crippen molar-refractivity contribution < 1.29 is 4.74 Å². The second kappa shape index (κ2) is 8.48. The number of hydrogen-bond acceptors (Lipinski definition) is 6. The predicted molar refractivity (Wildman–Crippen MR) is 108 cm³/mol. The van der Waals surface area contributed by atoms with Crippen LogP contribution in [0.5, 0.6) is 5.75 Å². The maximum absolute atomic E-state index is 8.54. The Hall–Kier alpha value is -2.60. The Morgan fingerprint density at radius 1 is 1.48 bits per heavy atom. The van der Waals surface area contributed by atoms with Crippen LogP contribution in [0.4, 0.5) is 5.69 Å². The van der Waals surface area contributed by atoms with Gasteiger partial charge in [-0.3, -0.25) is 5.41 Å². The molecule has 1 aromatic carbocycles. The average Bonchev–Trinajstić information content (AvgIpc) is 2.60. The van der Waals surface area contributed by atoms with E-state index in [1.54, 1.807) is 12.1 Å². The van der Waals surface area contributed by atoms with Crippen LogP contribution in [0, 0.1) is 5.41 Å². The number of rotatable bonds is 8. The SMILES string of the molecule is C=CC(=C)SNC1=CC(C(=N)c2cc(OC(C)C)ccc2N)=CCN1. The van der Waals surface area contributed by atoms with Crippen LogP contribution in [0.25, 0.3) is 0 Å². The van der Waals surface area contributed by atoms with E-state index in [4.69, 9.17) is 15.9 Å². The van der Waals surface area contributed by atoms with Gasteiger partial charge in [-0.2, -0.15) is 0 Å². The number of dihydropyridines is 1. The first-order valence-electron chi connectivity index (χ1n) is 7.96. The first-order chi connectivity index (χ1) is 11.9. The summed E-state index contributed by atoms with van der Waals surface area (Å²) in [7, 11) is 0. The van der Waals surface area contributed by atoms with Gasteiger partial charge in [-0.05, 0) is 50.1 Å². The molecule has 0 radical (unpaired) electrons. The lowest BCUT2D eigenvalue weighted by Crippen LogP contribution is -2.26. The molecule has 0 aromatic heterocycles. The molecule has 1 heterocycles. The van der Waals surface area contributed by atoms with Gasteiger partial charge in [-0.15, -0.1) is 0 Å². The number of anilines is 1. The van der Waals surface area contributed by atoms with E-state index in [2.05, 4.69) is 23.2 Å². The average molecular weight is 356 g/mol. The van der Waals surface area contributed by atoms with Crippen LogP contribution in [-0.2, 0) is 0 Å². The van der Waals surface area contributed by atoms with Gasteiger partial charge < -0.3 is 20.5 Å². The van der Waals surface area contributed by atoms with Gasteiger partial charge in [0, 0.05) is 28.3 Å². The van der Waals surface area contributed by atoms with Crippen LogP contribution in [0.3, 0.4) is 0 Å². The van der Waals surface area contributed by atoms with Crippen molar-refractivity contribution >= 4 is 23.3 Å². The van der Waals surface area contributed by atoms with Gasteiger partial charge in [-0.1, -0.05) is 25.3 Å². The number of nitrogens with two attached hydrogens (primary N) is 1. The Balaban J connectivity index is 2.19. The lowest BCUT2D eigenvalue weighted by molar-refractivity contribution is 0.242. The van der Waals surface area contributed by atoms with E-state index in [0.717, 1.165) is 16.3 Å². The molecule has 5 nitrogen and oxygen atoms in total. The molecule has 0 atom stereocenters. The highest BCUT2D eigenvalue weighted by molar-refractivity contribution is 8.01. The van der Waals surface area contributed by atoms with E-state index in [1.807, 2.05) is 38.1 Å². The van der Waals surface area contributed by atoms with Crippen molar-refractivity contribution in [3.05, 3.63) is 71.4 Å². The molecule has 0 saturated heterocycles. The van der Waals surface area contributed by atoms with Crippen LogP contribution in [0.15, 0.2) is 65.9 Å². The van der Waals surface area contributed by atoms with E-state index < -0.39 is 0 Å². The van der Waals surface area contributed by atoms with Crippen molar-refractivity contribution in [3.8, 4) is 5.75 Å². The number of allylic oxidation sites excluding steroid dienone is 3. The van der Waals surface area contributed by atoms with Crippen LogP contribution < -0.4 is 20.5 Å². The second-order valence-electron chi connectivity index (χ2n) is 5.76. The van der Waals surface area contributed by atoms with Crippen molar-refractivity contribution in [1.82, 2.24) is 10.0 Å². The molecule has 1 aliphatic rings. The molecule has 0 aliphatic carbocycles. The number of benzene rings is 1. The van der Waals surface area contributed by atoms with Crippen molar-refractivity contribution in [1.29, 1.82) is 5.41 Å². The molecule has 5 N–H and O–H groups in total. The molecule has 0 saturated carbocycles. The minimum Gasteiger partial charge on any atom is -0.491 e. The second-order valence-corrected chi connectivity index (χ2v) is 6.70. The molecule has 0 fully saturated rings. The van der Waals surface area contributed by atoms with Gasteiger partial charge in [0.1, 0.15) is 11.6 Å². The molecule has 1 aromatic rings. The van der Waals surface area contributed by atoms with Crippen LogP contribution >= 0.6 is 11.9 Å². The highest BCUT2D eigenvalue weighted by Gasteiger charge is 2.15. The molecule has 132 valence electrons. The van der Waals surface area contributed by atoms with Gasteiger partial charge in [0.25, 0.3) is 0 Å². The van der Waals surface area contributed by atoms with Crippen LogP contribution in [0.1, 0.15) is 19.4 Å². The Kier molecular flexibility index (Phi) is 6.36. The summed E-state index contributed by atoms with van der Waals surface area (Å²) >= 11 is 1.37. The Morgan fingerprint density at radius 2 is 2.24 bits per heavy atom. The maximum atomic E-state index is 8.54. The monoisotopic (exact) mass is 356 g/mol. The summed E-state index contributed by atoms with van der Waals surface area (Å²) in [6.45, 7) is 12.1. The Bertz CT molecular complexity index is 750. The van der Waals surface area contributed by atoms with E-state index in [1.165, 1.54) is 11.9 Å². The molecule has 25 heavy (non-hydrogen) atoms. The van der Waals surface area contributed by atoms with Crippen LogP contribution in [0.2, 0.25) is 0 Å². The number of ether oxygens (including phenoxy) is 1. The largest absolute Gasteiger partial charge is 0.491 e. The van der Waals surface area contributed by atoms with Gasteiger partial charge in [0.15, 0.2) is 0 Å². The summed E-state index contributed by atoms with van der Waals surface area (Å²) in [5, 5.41) is 11.8. The quantitative estimate of drug-likeness (QED) is 0.247. The Labute approximate surface area is 153 Å². The van der Waals surface area contributed by atoms with Crippen molar-refractivity contribution in [2.24, 2.45) is 0 Å². The molecule has 0 amide bonds. The molecule has 0 unspecified atom stereocenters. The standard InChI is InChI=1S/C19H24N4OS/c1-5-13(4)25-23-18-10-14(8-9-22-18)19(21)16-11-15(24-12(2)3)6-7-17(16)20/h5-8,10-12,21-23H,1,4,9,20H2,2-3H3. The van der Waals surface area contributed by atoms with Gasteiger partial charge in [0.05, 0.1) is 11.8 Å². The highest BCUT2D eigenvalue weighted by Crippen LogP contribution is 2.24. The first kappa shape index (κ1) is 18.7. The zero-order chi connectivity index (χ0) is 18.4. The van der Waals surface area contributed by atoms with Crippen LogP contribution in [-0.4, -0.2) is 18.4 Å². The lowest BCUT2D eigenvalue weighted by Gasteiger charge is -2.19. The summed E-state index contributed by atoms with van der Waals surface area (Å²) in [5.41, 5.74) is 8.44. The van der Waals surface area contributed by atoms with Crippen molar-refractivity contribution in [3.63, 3.8) is 0 Å². The molecule has 2 rings (SSSR count). The summed E-state index contributed by atoms with van der Waals surface area (Å²) in [4.78, 5) is 0.816. The summed E-state index contributed by atoms with van der Waals surface area (Å²) < 4.78 is 8.87. The Morgan fingerprint density at radius 3 is 2.92 bits per heavy atom. The third-order valence-electron chi connectivity index (χ3n) is 3.39. The van der Waals surface area contributed by atoms with Crippen molar-refractivity contribution in [2.45, 2.75) is 20.0 Å². The van der Waals surface area contributed by atoms with E-state index >= 15 is 0 Å². The lowest BCUT2D eigenvalue weighted by atomic mass is 9.99. The number of nitrogens with one attached hydrogen (secondary N) is 3. The molecule has 6 heteroatoms. The molecular weight excluding hydrogens is 332 g/mol. The minimum absolute atomic E-state index is 0.0643. The fraction of sp³-hybridized carbons (Fsp3) is 0.211. The third-order valence-corrected chi connectivity index (χ3v) is 4.14. The number of hydrogen-bond donors (Lipinski definition) is 4. The van der Waals surface area contributed by atoms with Gasteiger partial charge in [0.2, 0.25) is 0 Å². The summed E-state index contributed by atoms with van der Waals surface area (Å²) in [6.07, 6.45) is 5.58. The van der Waals surface area contributed by atoms with E-state index in [9.17, 15) is 0 Å². The van der Waals surface area contributed by atoms with Gasteiger partial charge in [-0.25, -0.2) is 0 Å². The first-order valence-corrected chi connectivity index (χ1v) is 8.77. The predicted octanol–water partition coefficient (Wildman–Crippen LogP) is 3.73. The molecule has 0 bridgehead atoms. The van der Waals surface area contributed by atoms with Gasteiger partial charge >= 0.3 is 0 Å².